The quantitative estimate of drug-likeness (QED) is 0.0274. The SMILES string of the molecule is CCCCCCCC[C@H](NC(=O)C(C)(C)NC(=O)C(C)(C)NC(=O)[C@H](CC1CCCCC1)NC(=O)[C@@H]1CCCN1C(=O)CCC)C(=O)N[C@@H](CC(C)C)C(=O)NC(C)(C)C(=O)N[C@@H](CC(C)C)C(=O)NCCC(=O)CCC[C@@H](CC)C(C)C. The molecule has 0 aromatic heterocycles. The number of ketones is 1. The molecule has 19 nitrogen and oxygen atoms in total. The van der Waals surface area contributed by atoms with Gasteiger partial charge in [0.15, 0.2) is 0 Å². The third-order valence-corrected chi connectivity index (χ3v) is 16.6. The van der Waals surface area contributed by atoms with Crippen molar-refractivity contribution in [3.63, 3.8) is 0 Å². The largest absolute Gasteiger partial charge is 0.354 e. The minimum Gasteiger partial charge on any atom is -0.354 e. The van der Waals surface area contributed by atoms with Gasteiger partial charge in [-0.25, -0.2) is 0 Å². The Morgan fingerprint density at radius 3 is 1.60 bits per heavy atom. The van der Waals surface area contributed by atoms with Gasteiger partial charge in [0, 0.05) is 32.4 Å². The molecule has 0 aromatic rings. The third-order valence-electron chi connectivity index (χ3n) is 16.6. The number of carbonyl (C=O) groups excluding carboxylic acids is 10. The molecule has 0 aromatic carbocycles. The van der Waals surface area contributed by atoms with Gasteiger partial charge in [-0.15, -0.1) is 0 Å². The molecule has 1 aliphatic heterocycles. The fourth-order valence-corrected chi connectivity index (χ4v) is 11.2. The van der Waals surface area contributed by atoms with Crippen LogP contribution < -0.4 is 42.5 Å². The number of nitrogens with one attached hydrogen (secondary N) is 8. The zero-order valence-corrected chi connectivity index (χ0v) is 54.2. The fourth-order valence-electron chi connectivity index (χ4n) is 11.2. The van der Waals surface area contributed by atoms with Crippen LogP contribution in [-0.2, 0) is 47.9 Å². The van der Waals surface area contributed by atoms with E-state index in [1.54, 1.807) is 4.90 Å². The maximum atomic E-state index is 14.5. The van der Waals surface area contributed by atoms with Crippen molar-refractivity contribution in [1.82, 2.24) is 47.4 Å². The Bertz CT molecular complexity index is 2100. The van der Waals surface area contributed by atoms with Gasteiger partial charge in [-0.3, -0.25) is 47.9 Å². The third kappa shape index (κ3) is 26.8. The highest BCUT2D eigenvalue weighted by atomic mass is 16.2. The number of unbranched alkanes of at least 4 members (excludes halogenated alkanes) is 5. The first-order valence-electron chi connectivity index (χ1n) is 32.2. The molecule has 1 saturated heterocycles. The van der Waals surface area contributed by atoms with E-state index < -0.39 is 94.1 Å². The summed E-state index contributed by atoms with van der Waals surface area (Å²) in [5.41, 5.74) is -4.75. The molecule has 0 unspecified atom stereocenters. The standard InChI is InChI=1S/C64H115N9O10/c1-16-19-20-21-22-26-34-48(55(77)66-50(40-43(6)7)56(78)70-62(10,11)59(81)69-49(39-42(4)5)54(76)65-37-36-47(74)33-27-32-46(18-3)44(8)9)68-60(82)63(12,13)72-61(83)64(14,15)71-57(79)51(41-45-30-24-23-25-31-45)67-58(80)52-35-28-38-73(52)53(75)29-17-2/h42-46,48-52H,16-41H2,1-15H3,(H,65,76)(H,66,77)(H,67,80)(H,68,82)(H,69,81)(H,70,78)(H,71,79)(H,72,83)/t46-,48+,49+,50+,51+,52+/m1/s1. The summed E-state index contributed by atoms with van der Waals surface area (Å²) in [6.07, 6.45) is 17.1. The summed E-state index contributed by atoms with van der Waals surface area (Å²) in [4.78, 5) is 140. The fraction of sp³-hybridized carbons (Fsp3) is 0.844. The Labute approximate surface area is 499 Å². The van der Waals surface area contributed by atoms with Gasteiger partial charge in [0.05, 0.1) is 0 Å². The van der Waals surface area contributed by atoms with Crippen LogP contribution in [0.5, 0.6) is 0 Å². The van der Waals surface area contributed by atoms with Crippen molar-refractivity contribution in [2.24, 2.45) is 29.6 Å². The highest BCUT2D eigenvalue weighted by Gasteiger charge is 2.42. The normalized spacial score (nSPS) is 17.0. The van der Waals surface area contributed by atoms with Crippen LogP contribution in [0.25, 0.3) is 0 Å². The van der Waals surface area contributed by atoms with Crippen LogP contribution in [0.1, 0.15) is 258 Å². The Morgan fingerprint density at radius 1 is 0.494 bits per heavy atom. The Morgan fingerprint density at radius 2 is 1.04 bits per heavy atom. The van der Waals surface area contributed by atoms with Crippen LogP contribution in [0.3, 0.4) is 0 Å². The van der Waals surface area contributed by atoms with Crippen molar-refractivity contribution >= 4 is 58.9 Å². The lowest BCUT2D eigenvalue weighted by molar-refractivity contribution is -0.141. The second-order valence-electron chi connectivity index (χ2n) is 26.9. The molecule has 1 heterocycles. The number of nitrogens with zero attached hydrogens (tertiary/aromatic N) is 1. The number of hydrogen-bond acceptors (Lipinski definition) is 10. The second kappa shape index (κ2) is 36.7. The van der Waals surface area contributed by atoms with Crippen molar-refractivity contribution in [3.05, 3.63) is 0 Å². The second-order valence-corrected chi connectivity index (χ2v) is 26.9. The molecular weight excluding hydrogens is 1050 g/mol. The van der Waals surface area contributed by atoms with Crippen molar-refractivity contribution in [3.8, 4) is 0 Å². The van der Waals surface area contributed by atoms with E-state index in [-0.39, 0.29) is 55.3 Å². The lowest BCUT2D eigenvalue weighted by atomic mass is 9.84. The smallest absolute Gasteiger partial charge is 0.246 e. The molecule has 0 bridgehead atoms. The maximum Gasteiger partial charge on any atom is 0.246 e. The van der Waals surface area contributed by atoms with Crippen LogP contribution >= 0.6 is 0 Å². The first-order valence-corrected chi connectivity index (χ1v) is 32.2. The molecule has 0 radical (unpaired) electrons. The Kier molecular flexibility index (Phi) is 32.7. The summed E-state index contributed by atoms with van der Waals surface area (Å²) < 4.78 is 0. The van der Waals surface area contributed by atoms with Crippen molar-refractivity contribution in [1.29, 1.82) is 0 Å². The van der Waals surface area contributed by atoms with Crippen LogP contribution in [0.2, 0.25) is 0 Å². The summed E-state index contributed by atoms with van der Waals surface area (Å²) in [7, 11) is 0. The highest BCUT2D eigenvalue weighted by Crippen LogP contribution is 2.29. The van der Waals surface area contributed by atoms with Gasteiger partial charge in [0.2, 0.25) is 53.2 Å². The van der Waals surface area contributed by atoms with Gasteiger partial charge in [-0.2, -0.15) is 0 Å². The zero-order valence-electron chi connectivity index (χ0n) is 54.2. The van der Waals surface area contributed by atoms with Gasteiger partial charge in [-0.05, 0) is 129 Å². The summed E-state index contributed by atoms with van der Waals surface area (Å²) in [6, 6.07) is -4.86. The molecule has 1 aliphatic carbocycles. The zero-order chi connectivity index (χ0) is 62.7. The van der Waals surface area contributed by atoms with E-state index in [9.17, 15) is 47.9 Å². The molecule has 0 spiro atoms. The Balaban J connectivity index is 2.26. The number of carbonyl (C=O) groups is 10. The molecule has 2 fully saturated rings. The predicted molar refractivity (Wildman–Crippen MR) is 327 cm³/mol. The van der Waals surface area contributed by atoms with Gasteiger partial charge in [-0.1, -0.05) is 139 Å². The van der Waals surface area contributed by atoms with E-state index in [1.165, 1.54) is 41.5 Å². The van der Waals surface area contributed by atoms with Gasteiger partial charge in [0.1, 0.15) is 52.6 Å². The van der Waals surface area contributed by atoms with Gasteiger partial charge < -0.3 is 47.4 Å². The van der Waals surface area contributed by atoms with Gasteiger partial charge in [0.25, 0.3) is 0 Å². The lowest BCUT2D eigenvalue weighted by Crippen LogP contribution is -2.66. The molecule has 6 atom stereocenters. The number of likely N-dealkylation sites (tertiary alicyclic amines) is 1. The first kappa shape index (κ1) is 74.0. The average Bonchev–Trinajstić information content (AvgIpc) is 4.03. The summed E-state index contributed by atoms with van der Waals surface area (Å²) in [5.74, 6) is -3.43. The highest BCUT2D eigenvalue weighted by molar-refractivity contribution is 6.00. The lowest BCUT2D eigenvalue weighted by Gasteiger charge is -2.35. The van der Waals surface area contributed by atoms with Crippen LogP contribution in [0.15, 0.2) is 0 Å². The minimum absolute atomic E-state index is 0.0179. The van der Waals surface area contributed by atoms with E-state index in [0.717, 1.165) is 83.5 Å². The number of rotatable bonds is 39. The molecule has 2 aliphatic rings. The van der Waals surface area contributed by atoms with E-state index in [0.29, 0.717) is 69.7 Å². The van der Waals surface area contributed by atoms with Crippen molar-refractivity contribution in [2.75, 3.05) is 13.1 Å². The van der Waals surface area contributed by atoms with Crippen LogP contribution in [0.4, 0.5) is 0 Å². The molecular formula is C64H115N9O10. The number of amides is 9. The molecule has 8 N–H and O–H groups in total. The monoisotopic (exact) mass is 1170 g/mol. The topological polar surface area (TPSA) is 270 Å². The van der Waals surface area contributed by atoms with Crippen molar-refractivity contribution in [2.45, 2.75) is 305 Å². The summed E-state index contributed by atoms with van der Waals surface area (Å²) in [5, 5.41) is 22.8. The van der Waals surface area contributed by atoms with Gasteiger partial charge >= 0.3 is 0 Å². The molecule has 1 saturated carbocycles. The number of hydrogen-bond donors (Lipinski definition) is 8. The van der Waals surface area contributed by atoms with E-state index in [4.69, 9.17) is 0 Å². The maximum absolute atomic E-state index is 14.5. The molecule has 83 heavy (non-hydrogen) atoms. The molecule has 9 amide bonds. The van der Waals surface area contributed by atoms with E-state index >= 15 is 0 Å². The average molecular weight is 1170 g/mol. The molecule has 2 rings (SSSR count). The number of Topliss-reactive ketones (excluding diaryl/α,β-unsaturated/α-hetero) is 1. The minimum atomic E-state index is -1.62. The molecule has 19 heteroatoms. The first-order chi connectivity index (χ1) is 38.9. The van der Waals surface area contributed by atoms with Crippen molar-refractivity contribution < 1.29 is 47.9 Å². The molecule has 476 valence electrons. The van der Waals surface area contributed by atoms with Crippen LogP contribution in [0, 0.1) is 29.6 Å². The van der Waals surface area contributed by atoms with E-state index in [2.05, 4.69) is 70.2 Å². The predicted octanol–water partition coefficient (Wildman–Crippen LogP) is 8.14. The summed E-state index contributed by atoms with van der Waals surface area (Å²) >= 11 is 0. The Hall–Kier alpha value is -5.10. The van der Waals surface area contributed by atoms with E-state index in [1.807, 2.05) is 34.6 Å². The van der Waals surface area contributed by atoms with Crippen LogP contribution in [-0.4, -0.2) is 124 Å². The summed E-state index contributed by atoms with van der Waals surface area (Å²) in [6.45, 7) is 27.9.